The Morgan fingerprint density at radius 1 is 1.44 bits per heavy atom. The average Bonchev–Trinajstić information content (AvgIpc) is 3.00. The van der Waals surface area contributed by atoms with E-state index in [1.165, 1.54) is 24.3 Å². The van der Waals surface area contributed by atoms with Crippen LogP contribution in [0.5, 0.6) is 0 Å². The van der Waals surface area contributed by atoms with Crippen LogP contribution in [-0.2, 0) is 16.0 Å². The number of hydrogen-bond donors (Lipinski definition) is 0. The lowest BCUT2D eigenvalue weighted by Gasteiger charge is -2.35. The lowest BCUT2D eigenvalue weighted by Crippen LogP contribution is -2.43. The van der Waals surface area contributed by atoms with E-state index in [-0.39, 0.29) is 0 Å². The molecule has 3 rings (SSSR count). The van der Waals surface area contributed by atoms with Gasteiger partial charge in [-0.25, -0.2) is 0 Å². The number of fused-ring (bicyclic) bond motifs is 1. The van der Waals surface area contributed by atoms with Crippen molar-refractivity contribution in [3.05, 3.63) is 22.4 Å². The van der Waals surface area contributed by atoms with Crippen LogP contribution in [0.4, 0.5) is 0 Å². The molecule has 0 amide bonds. The molecule has 0 bridgehead atoms. The summed E-state index contributed by atoms with van der Waals surface area (Å²) in [5.41, 5.74) is 0. The number of likely N-dealkylation sites (tertiary alicyclic amines) is 1. The summed E-state index contributed by atoms with van der Waals surface area (Å²) >= 11 is 1.86. The molecule has 0 aliphatic carbocycles. The van der Waals surface area contributed by atoms with Crippen LogP contribution < -0.4 is 0 Å². The van der Waals surface area contributed by atoms with E-state index in [2.05, 4.69) is 22.4 Å². The maximum absolute atomic E-state index is 6.14. The van der Waals surface area contributed by atoms with E-state index in [1.54, 1.807) is 7.11 Å². The number of rotatable bonds is 4. The van der Waals surface area contributed by atoms with Crippen LogP contribution in [0.2, 0.25) is 0 Å². The Balaban J connectivity index is 1.58. The second-order valence-electron chi connectivity index (χ2n) is 5.24. The molecule has 0 spiro atoms. The molecule has 18 heavy (non-hydrogen) atoms. The van der Waals surface area contributed by atoms with E-state index in [0.717, 1.165) is 19.6 Å². The molecule has 1 aromatic heterocycles. The lowest BCUT2D eigenvalue weighted by atomic mass is 9.99. The van der Waals surface area contributed by atoms with Crippen molar-refractivity contribution in [1.29, 1.82) is 0 Å². The molecule has 0 N–H and O–H groups in total. The third kappa shape index (κ3) is 2.62. The van der Waals surface area contributed by atoms with Crippen molar-refractivity contribution in [2.45, 2.75) is 44.1 Å². The van der Waals surface area contributed by atoms with Gasteiger partial charge in [0.1, 0.15) is 0 Å². The van der Waals surface area contributed by atoms with Crippen LogP contribution in [0.15, 0.2) is 17.5 Å². The minimum absolute atomic E-state index is 0.318. The number of hydrogen-bond acceptors (Lipinski definition) is 4. The Morgan fingerprint density at radius 3 is 3.17 bits per heavy atom. The number of thiophene rings is 1. The monoisotopic (exact) mass is 267 g/mol. The van der Waals surface area contributed by atoms with Crippen molar-refractivity contribution in [2.24, 2.45) is 0 Å². The fraction of sp³-hybridized carbons (Fsp3) is 0.714. The standard InChI is InChI=1S/C14H21NO2S/c1-16-10-11-4-5-13-14(17-11)6-7-15(13)9-12-3-2-8-18-12/h2-3,8,11,13-14H,4-7,9-10H2,1H3/t11-,13-,14-/m0/s1. The molecule has 1 aromatic rings. The van der Waals surface area contributed by atoms with Crippen molar-refractivity contribution in [3.8, 4) is 0 Å². The third-order valence-electron chi connectivity index (χ3n) is 4.04. The van der Waals surface area contributed by atoms with Gasteiger partial charge in [0, 0.05) is 31.1 Å². The van der Waals surface area contributed by atoms with Gasteiger partial charge in [-0.2, -0.15) is 0 Å². The third-order valence-corrected chi connectivity index (χ3v) is 4.90. The number of methoxy groups -OCH3 is 1. The first-order valence-electron chi connectivity index (χ1n) is 6.77. The normalized spacial score (nSPS) is 32.6. The molecule has 0 radical (unpaired) electrons. The largest absolute Gasteiger partial charge is 0.382 e. The summed E-state index contributed by atoms with van der Waals surface area (Å²) in [7, 11) is 1.76. The topological polar surface area (TPSA) is 21.7 Å². The first-order valence-corrected chi connectivity index (χ1v) is 7.65. The van der Waals surface area contributed by atoms with Crippen LogP contribution >= 0.6 is 11.3 Å². The highest BCUT2D eigenvalue weighted by Crippen LogP contribution is 2.32. The Hall–Kier alpha value is -0.420. The van der Waals surface area contributed by atoms with Crippen molar-refractivity contribution in [3.63, 3.8) is 0 Å². The van der Waals surface area contributed by atoms with Gasteiger partial charge in [-0.1, -0.05) is 6.07 Å². The van der Waals surface area contributed by atoms with E-state index in [4.69, 9.17) is 9.47 Å². The zero-order valence-corrected chi connectivity index (χ0v) is 11.7. The molecular formula is C14H21NO2S. The fourth-order valence-electron chi connectivity index (χ4n) is 3.19. The predicted octanol–water partition coefficient (Wildman–Crippen LogP) is 2.52. The molecule has 3 nitrogen and oxygen atoms in total. The highest BCUT2D eigenvalue weighted by molar-refractivity contribution is 7.09. The molecule has 2 saturated heterocycles. The van der Waals surface area contributed by atoms with E-state index in [9.17, 15) is 0 Å². The Bertz CT molecular complexity index is 368. The molecule has 100 valence electrons. The molecular weight excluding hydrogens is 246 g/mol. The van der Waals surface area contributed by atoms with Gasteiger partial charge in [0.2, 0.25) is 0 Å². The van der Waals surface area contributed by atoms with Crippen LogP contribution in [0, 0.1) is 0 Å². The first kappa shape index (κ1) is 12.6. The van der Waals surface area contributed by atoms with Crippen LogP contribution in [0.1, 0.15) is 24.1 Å². The Kier molecular flexibility index (Phi) is 3.99. The molecule has 4 heteroatoms. The van der Waals surface area contributed by atoms with Gasteiger partial charge in [0.05, 0.1) is 18.8 Å². The summed E-state index contributed by atoms with van der Waals surface area (Å²) in [6, 6.07) is 5.00. The van der Waals surface area contributed by atoms with Gasteiger partial charge < -0.3 is 9.47 Å². The summed E-state index contributed by atoms with van der Waals surface area (Å²) in [6.07, 6.45) is 4.31. The van der Waals surface area contributed by atoms with Crippen molar-refractivity contribution < 1.29 is 9.47 Å². The molecule has 0 aromatic carbocycles. The van der Waals surface area contributed by atoms with Gasteiger partial charge in [-0.15, -0.1) is 11.3 Å². The highest BCUT2D eigenvalue weighted by Gasteiger charge is 2.39. The molecule has 2 fully saturated rings. The summed E-state index contributed by atoms with van der Waals surface area (Å²) in [5, 5.41) is 2.16. The van der Waals surface area contributed by atoms with Crippen LogP contribution in [0.25, 0.3) is 0 Å². The highest BCUT2D eigenvalue weighted by atomic mass is 32.1. The van der Waals surface area contributed by atoms with Crippen LogP contribution in [-0.4, -0.2) is 43.4 Å². The molecule has 0 unspecified atom stereocenters. The maximum atomic E-state index is 6.14. The minimum Gasteiger partial charge on any atom is -0.382 e. The molecule has 2 aliphatic rings. The summed E-state index contributed by atoms with van der Waals surface area (Å²) < 4.78 is 11.3. The van der Waals surface area contributed by atoms with Crippen molar-refractivity contribution >= 4 is 11.3 Å². The molecule has 3 atom stereocenters. The second kappa shape index (κ2) is 5.70. The van der Waals surface area contributed by atoms with E-state index >= 15 is 0 Å². The number of nitrogens with zero attached hydrogens (tertiary/aromatic N) is 1. The van der Waals surface area contributed by atoms with Gasteiger partial charge in [-0.3, -0.25) is 4.90 Å². The maximum Gasteiger partial charge on any atom is 0.0813 e. The fourth-order valence-corrected chi connectivity index (χ4v) is 3.92. The zero-order chi connectivity index (χ0) is 12.4. The van der Waals surface area contributed by atoms with Gasteiger partial charge >= 0.3 is 0 Å². The van der Waals surface area contributed by atoms with E-state index in [0.29, 0.717) is 18.2 Å². The Morgan fingerprint density at radius 2 is 2.39 bits per heavy atom. The van der Waals surface area contributed by atoms with Crippen LogP contribution in [0.3, 0.4) is 0 Å². The summed E-state index contributed by atoms with van der Waals surface area (Å²) in [4.78, 5) is 4.06. The van der Waals surface area contributed by atoms with Crippen molar-refractivity contribution in [1.82, 2.24) is 4.90 Å². The number of ether oxygens (including phenoxy) is 2. The van der Waals surface area contributed by atoms with E-state index < -0.39 is 0 Å². The average molecular weight is 267 g/mol. The lowest BCUT2D eigenvalue weighted by molar-refractivity contribution is -0.0938. The first-order chi connectivity index (χ1) is 8.86. The molecule has 0 saturated carbocycles. The van der Waals surface area contributed by atoms with E-state index in [1.807, 2.05) is 11.3 Å². The second-order valence-corrected chi connectivity index (χ2v) is 6.27. The van der Waals surface area contributed by atoms with Crippen molar-refractivity contribution in [2.75, 3.05) is 20.3 Å². The summed E-state index contributed by atoms with van der Waals surface area (Å²) in [6.45, 7) is 3.01. The molecule has 3 heterocycles. The molecule has 2 aliphatic heterocycles. The van der Waals surface area contributed by atoms with Gasteiger partial charge in [-0.05, 0) is 30.7 Å². The quantitative estimate of drug-likeness (QED) is 0.836. The SMILES string of the molecule is COC[C@@H]1CC[C@H]2[C@H](CCN2Cc2cccs2)O1. The Labute approximate surface area is 113 Å². The zero-order valence-electron chi connectivity index (χ0n) is 10.9. The smallest absolute Gasteiger partial charge is 0.0813 e. The minimum atomic E-state index is 0.318. The van der Waals surface area contributed by atoms with Gasteiger partial charge in [0.25, 0.3) is 0 Å². The van der Waals surface area contributed by atoms with Gasteiger partial charge in [0.15, 0.2) is 0 Å². The predicted molar refractivity (Wildman–Crippen MR) is 72.9 cm³/mol. The summed E-state index contributed by atoms with van der Waals surface area (Å²) in [5.74, 6) is 0.